The van der Waals surface area contributed by atoms with Crippen molar-refractivity contribution in [2.75, 3.05) is 11.2 Å². The van der Waals surface area contributed by atoms with E-state index in [1.807, 2.05) is 28.9 Å². The number of alkyl halides is 1. The lowest BCUT2D eigenvalue weighted by molar-refractivity contribution is -0.118. The molecule has 0 radical (unpaired) electrons. The number of carbonyl (C=O) groups excluding carboxylic acids is 1. The number of aromatic nitrogens is 4. The van der Waals surface area contributed by atoms with Crippen LogP contribution in [0.2, 0.25) is 0 Å². The third kappa shape index (κ3) is 3.05. The average Bonchev–Trinajstić information content (AvgIpc) is 3.24. The maximum absolute atomic E-state index is 11.8. The van der Waals surface area contributed by atoms with E-state index in [4.69, 9.17) is 11.6 Å². The van der Waals surface area contributed by atoms with Gasteiger partial charge in [0.1, 0.15) is 0 Å². The first kappa shape index (κ1) is 14.0. The summed E-state index contributed by atoms with van der Waals surface area (Å²) >= 11 is 5.67. The van der Waals surface area contributed by atoms with Crippen LogP contribution in [0.25, 0.3) is 11.4 Å². The second kappa shape index (κ2) is 5.81. The van der Waals surface area contributed by atoms with Crippen LogP contribution in [0.15, 0.2) is 24.3 Å². The summed E-state index contributed by atoms with van der Waals surface area (Å²) < 4.78 is 1.86. The summed E-state index contributed by atoms with van der Waals surface area (Å²) in [5.41, 5.74) is 1.68. The highest BCUT2D eigenvalue weighted by Crippen LogP contribution is 2.36. The molecule has 1 aromatic heterocycles. The Kier molecular flexibility index (Phi) is 3.88. The molecule has 1 aromatic carbocycles. The number of nitrogens with zero attached hydrogens (tertiary/aromatic N) is 4. The van der Waals surface area contributed by atoms with Crippen LogP contribution in [-0.2, 0) is 4.79 Å². The molecule has 1 amide bonds. The number of halogens is 1. The number of tetrazole rings is 1. The molecule has 110 valence electrons. The van der Waals surface area contributed by atoms with Crippen molar-refractivity contribution in [2.45, 2.75) is 25.8 Å². The molecule has 0 bridgehead atoms. The molecule has 0 spiro atoms. The number of hydrogen-bond acceptors (Lipinski definition) is 4. The van der Waals surface area contributed by atoms with Crippen LogP contribution in [0.3, 0.4) is 0 Å². The molecule has 1 fully saturated rings. The minimum atomic E-state index is -0.214. The van der Waals surface area contributed by atoms with Gasteiger partial charge >= 0.3 is 0 Å². The minimum absolute atomic E-state index is 0.0828. The van der Waals surface area contributed by atoms with Crippen molar-refractivity contribution in [3.63, 3.8) is 0 Å². The first-order valence-corrected chi connectivity index (χ1v) is 7.47. The van der Waals surface area contributed by atoms with Crippen molar-refractivity contribution in [1.82, 2.24) is 20.2 Å². The Balaban J connectivity index is 1.75. The standard InChI is InChI=1S/C14H16ClN5O/c1-9(8-15)14(21)16-11-4-2-10(3-5-11)13-17-18-19-20(13)12-6-7-12/h2-5,9,12H,6-8H2,1H3,(H,16,21). The molecular weight excluding hydrogens is 290 g/mol. The van der Waals surface area contributed by atoms with Gasteiger partial charge in [-0.15, -0.1) is 16.7 Å². The van der Waals surface area contributed by atoms with Gasteiger partial charge in [-0.3, -0.25) is 4.79 Å². The first-order valence-electron chi connectivity index (χ1n) is 6.94. The van der Waals surface area contributed by atoms with E-state index in [-0.39, 0.29) is 11.8 Å². The minimum Gasteiger partial charge on any atom is -0.326 e. The zero-order valence-corrected chi connectivity index (χ0v) is 12.4. The number of benzene rings is 1. The maximum Gasteiger partial charge on any atom is 0.228 e. The van der Waals surface area contributed by atoms with Crippen LogP contribution in [0, 0.1) is 5.92 Å². The van der Waals surface area contributed by atoms with Gasteiger partial charge in [-0.25, -0.2) is 4.68 Å². The van der Waals surface area contributed by atoms with E-state index in [0.29, 0.717) is 11.9 Å². The molecule has 0 aliphatic heterocycles. The number of hydrogen-bond donors (Lipinski definition) is 1. The summed E-state index contributed by atoms with van der Waals surface area (Å²) in [5, 5.41) is 14.7. The maximum atomic E-state index is 11.8. The van der Waals surface area contributed by atoms with Gasteiger partial charge in [0.15, 0.2) is 5.82 Å². The van der Waals surface area contributed by atoms with Gasteiger partial charge in [-0.1, -0.05) is 6.92 Å². The number of carbonyl (C=O) groups is 1. The van der Waals surface area contributed by atoms with Crippen molar-refractivity contribution >= 4 is 23.2 Å². The summed E-state index contributed by atoms with van der Waals surface area (Å²) in [6, 6.07) is 7.94. The third-order valence-corrected chi connectivity index (χ3v) is 3.94. The Hall–Kier alpha value is -1.95. The molecule has 1 aliphatic rings. The highest BCUT2D eigenvalue weighted by atomic mass is 35.5. The fourth-order valence-corrected chi connectivity index (χ4v) is 2.13. The molecule has 1 N–H and O–H groups in total. The van der Waals surface area contributed by atoms with Gasteiger partial charge in [0.2, 0.25) is 5.91 Å². The quantitative estimate of drug-likeness (QED) is 0.861. The summed E-state index contributed by atoms with van der Waals surface area (Å²) in [6.45, 7) is 1.79. The molecule has 1 heterocycles. The van der Waals surface area contributed by atoms with Crippen molar-refractivity contribution in [1.29, 1.82) is 0 Å². The number of nitrogens with one attached hydrogen (secondary N) is 1. The predicted octanol–water partition coefficient (Wildman–Crippen LogP) is 2.49. The highest BCUT2D eigenvalue weighted by Gasteiger charge is 2.28. The van der Waals surface area contributed by atoms with Crippen LogP contribution in [0.5, 0.6) is 0 Å². The summed E-state index contributed by atoms with van der Waals surface area (Å²) in [7, 11) is 0. The molecule has 3 rings (SSSR count). The summed E-state index contributed by atoms with van der Waals surface area (Å²) in [5.74, 6) is 0.777. The second-order valence-electron chi connectivity index (χ2n) is 5.30. The summed E-state index contributed by atoms with van der Waals surface area (Å²) in [4.78, 5) is 11.8. The van der Waals surface area contributed by atoms with Crippen molar-refractivity contribution in [2.24, 2.45) is 5.92 Å². The summed E-state index contributed by atoms with van der Waals surface area (Å²) in [6.07, 6.45) is 2.25. The van der Waals surface area contributed by atoms with E-state index in [0.717, 1.165) is 29.9 Å². The fourth-order valence-electron chi connectivity index (χ4n) is 1.99. The predicted molar refractivity (Wildman–Crippen MR) is 80.0 cm³/mol. The Morgan fingerprint density at radius 2 is 2.14 bits per heavy atom. The molecule has 6 nitrogen and oxygen atoms in total. The van der Waals surface area contributed by atoms with Crippen molar-refractivity contribution in [3.8, 4) is 11.4 Å². The molecule has 7 heteroatoms. The van der Waals surface area contributed by atoms with E-state index in [1.165, 1.54) is 0 Å². The monoisotopic (exact) mass is 305 g/mol. The second-order valence-corrected chi connectivity index (χ2v) is 5.61. The Morgan fingerprint density at radius 1 is 1.43 bits per heavy atom. The highest BCUT2D eigenvalue weighted by molar-refractivity contribution is 6.19. The molecule has 1 saturated carbocycles. The molecule has 1 unspecified atom stereocenters. The van der Waals surface area contributed by atoms with E-state index in [9.17, 15) is 4.79 Å². The van der Waals surface area contributed by atoms with Crippen molar-refractivity contribution < 1.29 is 4.79 Å². The van der Waals surface area contributed by atoms with Gasteiger partial charge in [-0.2, -0.15) is 0 Å². The smallest absolute Gasteiger partial charge is 0.228 e. The van der Waals surface area contributed by atoms with Crippen LogP contribution < -0.4 is 5.32 Å². The molecular formula is C14H16ClN5O. The van der Waals surface area contributed by atoms with Crippen LogP contribution in [-0.4, -0.2) is 32.0 Å². The van der Waals surface area contributed by atoms with E-state index < -0.39 is 0 Å². The van der Waals surface area contributed by atoms with E-state index in [1.54, 1.807) is 6.92 Å². The molecule has 2 aromatic rings. The number of anilines is 1. The molecule has 1 atom stereocenters. The lowest BCUT2D eigenvalue weighted by Crippen LogP contribution is -2.21. The zero-order valence-electron chi connectivity index (χ0n) is 11.7. The van der Waals surface area contributed by atoms with Crippen molar-refractivity contribution in [3.05, 3.63) is 24.3 Å². The van der Waals surface area contributed by atoms with Gasteiger partial charge in [-0.05, 0) is 47.5 Å². The molecule has 21 heavy (non-hydrogen) atoms. The van der Waals surface area contributed by atoms with Gasteiger partial charge in [0.05, 0.1) is 6.04 Å². The number of amides is 1. The Labute approximate surface area is 127 Å². The lowest BCUT2D eigenvalue weighted by atomic mass is 10.1. The van der Waals surface area contributed by atoms with E-state index >= 15 is 0 Å². The van der Waals surface area contributed by atoms with E-state index in [2.05, 4.69) is 20.8 Å². The zero-order chi connectivity index (χ0) is 14.8. The van der Waals surface area contributed by atoms with Gasteiger partial charge in [0.25, 0.3) is 0 Å². The lowest BCUT2D eigenvalue weighted by Gasteiger charge is -2.09. The fraction of sp³-hybridized carbons (Fsp3) is 0.429. The first-order chi connectivity index (χ1) is 10.2. The normalized spacial score (nSPS) is 15.7. The van der Waals surface area contributed by atoms with Crippen LogP contribution >= 0.6 is 11.6 Å². The topological polar surface area (TPSA) is 72.7 Å². The molecule has 1 aliphatic carbocycles. The van der Waals surface area contributed by atoms with Gasteiger partial charge < -0.3 is 5.32 Å². The van der Waals surface area contributed by atoms with Crippen LogP contribution in [0.1, 0.15) is 25.8 Å². The SMILES string of the molecule is CC(CCl)C(=O)Nc1ccc(-c2nnnn2C2CC2)cc1. The average molecular weight is 306 g/mol. The third-order valence-electron chi connectivity index (χ3n) is 3.48. The van der Waals surface area contributed by atoms with Gasteiger partial charge in [0, 0.05) is 23.0 Å². The molecule has 0 saturated heterocycles. The largest absolute Gasteiger partial charge is 0.326 e. The van der Waals surface area contributed by atoms with Crippen LogP contribution in [0.4, 0.5) is 5.69 Å². The Morgan fingerprint density at radius 3 is 2.76 bits per heavy atom. The Bertz CT molecular complexity index is 635. The number of rotatable bonds is 5.